The first kappa shape index (κ1) is 12.8. The van der Waals surface area contributed by atoms with Gasteiger partial charge in [-0.15, -0.1) is 0 Å². The van der Waals surface area contributed by atoms with Gasteiger partial charge >= 0.3 is 0 Å². The summed E-state index contributed by atoms with van der Waals surface area (Å²) in [5.41, 5.74) is 2.44. The molecule has 0 amide bonds. The van der Waals surface area contributed by atoms with Crippen molar-refractivity contribution in [2.45, 2.75) is 31.8 Å². The van der Waals surface area contributed by atoms with Gasteiger partial charge in [0, 0.05) is 18.5 Å². The second-order valence-corrected chi connectivity index (χ2v) is 5.76. The van der Waals surface area contributed by atoms with E-state index in [1.165, 1.54) is 5.56 Å². The molecular weight excluding hydrogens is 258 g/mol. The first-order chi connectivity index (χ1) is 9.42. The van der Waals surface area contributed by atoms with Crippen molar-refractivity contribution in [2.75, 3.05) is 13.1 Å². The standard InChI is InChI=1S/C14H19N3OS/c1-4-15-5-2-12(1)14-7-13(18-17-14)9-16-8-11-3-6-19-10-11/h3,6-7,10,12,15-16H,1-2,4-5,8-9H2. The first-order valence-corrected chi connectivity index (χ1v) is 7.74. The average Bonchev–Trinajstić information content (AvgIpc) is 3.11. The molecule has 3 rings (SSSR count). The molecule has 0 atom stereocenters. The zero-order valence-electron chi connectivity index (χ0n) is 10.9. The number of rotatable bonds is 5. The van der Waals surface area contributed by atoms with Crippen LogP contribution in [-0.2, 0) is 13.1 Å². The predicted octanol–water partition coefficient (Wildman–Crippen LogP) is 2.49. The van der Waals surface area contributed by atoms with Crippen LogP contribution < -0.4 is 10.6 Å². The highest BCUT2D eigenvalue weighted by Gasteiger charge is 2.18. The number of nitrogens with one attached hydrogen (secondary N) is 2. The number of thiophene rings is 1. The van der Waals surface area contributed by atoms with Gasteiger partial charge in [0.05, 0.1) is 12.2 Å². The summed E-state index contributed by atoms with van der Waals surface area (Å²) >= 11 is 1.73. The van der Waals surface area contributed by atoms with Gasteiger partial charge in [-0.25, -0.2) is 0 Å². The van der Waals surface area contributed by atoms with Crippen LogP contribution in [0.15, 0.2) is 27.4 Å². The molecule has 2 aromatic heterocycles. The molecule has 1 saturated heterocycles. The van der Waals surface area contributed by atoms with Crippen molar-refractivity contribution in [3.8, 4) is 0 Å². The topological polar surface area (TPSA) is 50.1 Å². The van der Waals surface area contributed by atoms with Gasteiger partial charge in [-0.2, -0.15) is 11.3 Å². The van der Waals surface area contributed by atoms with Crippen LogP contribution in [0.25, 0.3) is 0 Å². The van der Waals surface area contributed by atoms with E-state index in [2.05, 4.69) is 38.7 Å². The Hall–Kier alpha value is -1.17. The molecule has 5 heteroatoms. The van der Waals surface area contributed by atoms with Gasteiger partial charge in [0.1, 0.15) is 0 Å². The van der Waals surface area contributed by atoms with Crippen molar-refractivity contribution in [1.29, 1.82) is 0 Å². The van der Waals surface area contributed by atoms with Crippen molar-refractivity contribution in [2.24, 2.45) is 0 Å². The normalized spacial score (nSPS) is 16.8. The first-order valence-electron chi connectivity index (χ1n) is 6.80. The third-order valence-electron chi connectivity index (χ3n) is 3.54. The molecule has 4 nitrogen and oxygen atoms in total. The van der Waals surface area contributed by atoms with Gasteiger partial charge in [-0.3, -0.25) is 0 Å². The Bertz CT molecular complexity index is 489. The van der Waals surface area contributed by atoms with E-state index in [-0.39, 0.29) is 0 Å². The highest BCUT2D eigenvalue weighted by molar-refractivity contribution is 7.07. The van der Waals surface area contributed by atoms with E-state index in [1.54, 1.807) is 11.3 Å². The Morgan fingerprint density at radius 3 is 3.05 bits per heavy atom. The van der Waals surface area contributed by atoms with Gasteiger partial charge in [0.2, 0.25) is 0 Å². The van der Waals surface area contributed by atoms with Crippen molar-refractivity contribution in [3.63, 3.8) is 0 Å². The zero-order chi connectivity index (χ0) is 12.9. The lowest BCUT2D eigenvalue weighted by Gasteiger charge is -2.19. The summed E-state index contributed by atoms with van der Waals surface area (Å²) in [5, 5.41) is 15.2. The molecule has 1 aliphatic rings. The molecule has 0 spiro atoms. The number of nitrogens with zero attached hydrogens (tertiary/aromatic N) is 1. The van der Waals surface area contributed by atoms with E-state index in [0.717, 1.165) is 50.5 Å². The molecule has 0 aromatic carbocycles. The Kier molecular flexibility index (Phi) is 4.27. The van der Waals surface area contributed by atoms with Crippen LogP contribution in [0.3, 0.4) is 0 Å². The minimum absolute atomic E-state index is 0.565. The fourth-order valence-corrected chi connectivity index (χ4v) is 3.11. The quantitative estimate of drug-likeness (QED) is 0.881. The molecule has 2 N–H and O–H groups in total. The second kappa shape index (κ2) is 6.32. The van der Waals surface area contributed by atoms with Crippen LogP contribution in [0.1, 0.15) is 35.8 Å². The largest absolute Gasteiger partial charge is 0.360 e. The summed E-state index contributed by atoms with van der Waals surface area (Å²) in [4.78, 5) is 0. The monoisotopic (exact) mass is 277 g/mol. The number of hydrogen-bond acceptors (Lipinski definition) is 5. The van der Waals surface area contributed by atoms with E-state index in [9.17, 15) is 0 Å². The molecule has 0 bridgehead atoms. The molecular formula is C14H19N3OS. The zero-order valence-corrected chi connectivity index (χ0v) is 11.7. The maximum Gasteiger partial charge on any atom is 0.150 e. The van der Waals surface area contributed by atoms with Crippen LogP contribution >= 0.6 is 11.3 Å². The van der Waals surface area contributed by atoms with Gasteiger partial charge in [0.15, 0.2) is 5.76 Å². The van der Waals surface area contributed by atoms with Crippen LogP contribution in [-0.4, -0.2) is 18.2 Å². The maximum absolute atomic E-state index is 5.41. The van der Waals surface area contributed by atoms with Gasteiger partial charge in [-0.1, -0.05) is 5.16 Å². The lowest BCUT2D eigenvalue weighted by atomic mass is 9.95. The smallest absolute Gasteiger partial charge is 0.150 e. The number of aromatic nitrogens is 1. The van der Waals surface area contributed by atoms with E-state index in [4.69, 9.17) is 4.52 Å². The van der Waals surface area contributed by atoms with E-state index >= 15 is 0 Å². The highest BCUT2D eigenvalue weighted by Crippen LogP contribution is 2.24. The minimum Gasteiger partial charge on any atom is -0.360 e. The average molecular weight is 277 g/mol. The third-order valence-corrected chi connectivity index (χ3v) is 4.28. The molecule has 2 aromatic rings. The van der Waals surface area contributed by atoms with Crippen LogP contribution in [0.4, 0.5) is 0 Å². The Morgan fingerprint density at radius 2 is 2.26 bits per heavy atom. The molecule has 1 fully saturated rings. The van der Waals surface area contributed by atoms with Crippen LogP contribution in [0, 0.1) is 0 Å². The van der Waals surface area contributed by atoms with Crippen molar-refractivity contribution in [1.82, 2.24) is 15.8 Å². The molecule has 1 aliphatic heterocycles. The van der Waals surface area contributed by atoms with Crippen molar-refractivity contribution >= 4 is 11.3 Å². The highest BCUT2D eigenvalue weighted by atomic mass is 32.1. The maximum atomic E-state index is 5.41. The third kappa shape index (κ3) is 3.43. The molecule has 102 valence electrons. The molecule has 0 radical (unpaired) electrons. The minimum atomic E-state index is 0.565. The molecule has 0 unspecified atom stereocenters. The van der Waals surface area contributed by atoms with E-state index in [1.807, 2.05) is 0 Å². The number of piperidine rings is 1. The van der Waals surface area contributed by atoms with Gasteiger partial charge in [-0.05, 0) is 48.3 Å². The summed E-state index contributed by atoms with van der Waals surface area (Å²) in [7, 11) is 0. The van der Waals surface area contributed by atoms with Gasteiger partial charge < -0.3 is 15.2 Å². The summed E-state index contributed by atoms with van der Waals surface area (Å²) < 4.78 is 5.41. The number of hydrogen-bond donors (Lipinski definition) is 2. The second-order valence-electron chi connectivity index (χ2n) is 4.98. The summed E-state index contributed by atoms with van der Waals surface area (Å²) in [5.74, 6) is 1.50. The Morgan fingerprint density at radius 1 is 1.37 bits per heavy atom. The van der Waals surface area contributed by atoms with Crippen LogP contribution in [0.5, 0.6) is 0 Å². The van der Waals surface area contributed by atoms with Gasteiger partial charge in [0.25, 0.3) is 0 Å². The molecule has 19 heavy (non-hydrogen) atoms. The van der Waals surface area contributed by atoms with Crippen molar-refractivity contribution in [3.05, 3.63) is 39.9 Å². The molecule has 3 heterocycles. The predicted molar refractivity (Wildman–Crippen MR) is 76.2 cm³/mol. The Labute approximate surface area is 117 Å². The van der Waals surface area contributed by atoms with Crippen LogP contribution in [0.2, 0.25) is 0 Å². The SMILES string of the molecule is c1cc(CNCc2cc(C3CCNCC3)no2)cs1. The fraction of sp³-hybridized carbons (Fsp3) is 0.500. The fourth-order valence-electron chi connectivity index (χ4n) is 2.45. The summed E-state index contributed by atoms with van der Waals surface area (Å²) in [6.45, 7) is 3.80. The van der Waals surface area contributed by atoms with Crippen molar-refractivity contribution < 1.29 is 4.52 Å². The van der Waals surface area contributed by atoms with E-state index in [0.29, 0.717) is 5.92 Å². The molecule has 0 aliphatic carbocycles. The Balaban J connectivity index is 1.50. The summed E-state index contributed by atoms with van der Waals surface area (Å²) in [6, 6.07) is 4.25. The van der Waals surface area contributed by atoms with E-state index < -0.39 is 0 Å². The lowest BCUT2D eigenvalue weighted by Crippen LogP contribution is -2.26. The lowest BCUT2D eigenvalue weighted by molar-refractivity contribution is 0.354. The summed E-state index contributed by atoms with van der Waals surface area (Å²) in [6.07, 6.45) is 2.32. The molecule has 0 saturated carbocycles.